The van der Waals surface area contributed by atoms with Crippen LogP contribution in [-0.2, 0) is 0 Å². The van der Waals surface area contributed by atoms with Crippen molar-refractivity contribution >= 4 is 11.6 Å². The molecule has 0 aliphatic heterocycles. The van der Waals surface area contributed by atoms with E-state index in [2.05, 4.69) is 10.3 Å². The van der Waals surface area contributed by atoms with Crippen LogP contribution in [0, 0.1) is 12.7 Å². The number of carbonyl (C=O) groups is 1. The van der Waals surface area contributed by atoms with Gasteiger partial charge in [0.1, 0.15) is 11.6 Å². The number of nitrogens with one attached hydrogen (secondary N) is 1. The van der Waals surface area contributed by atoms with E-state index in [-0.39, 0.29) is 11.3 Å². The zero-order valence-corrected chi connectivity index (χ0v) is 9.64. The molecule has 0 bridgehead atoms. The summed E-state index contributed by atoms with van der Waals surface area (Å²) >= 11 is 0. The van der Waals surface area contributed by atoms with E-state index in [1.165, 1.54) is 30.6 Å². The topological polar surface area (TPSA) is 62.2 Å². The minimum Gasteiger partial charge on any atom is -0.505 e. The van der Waals surface area contributed by atoms with Crippen molar-refractivity contribution in [2.75, 3.05) is 5.32 Å². The Morgan fingerprint density at radius 2 is 2.17 bits per heavy atom. The fourth-order valence-corrected chi connectivity index (χ4v) is 1.59. The Morgan fingerprint density at radius 1 is 1.39 bits per heavy atom. The molecule has 0 atom stereocenters. The number of rotatable bonds is 2. The number of carbonyl (C=O) groups excluding carboxylic acids is 1. The van der Waals surface area contributed by atoms with Crippen molar-refractivity contribution in [3.05, 3.63) is 53.6 Å². The Kier molecular flexibility index (Phi) is 3.23. The van der Waals surface area contributed by atoms with Crippen molar-refractivity contribution in [2.45, 2.75) is 6.92 Å². The van der Waals surface area contributed by atoms with Gasteiger partial charge in [-0.2, -0.15) is 0 Å². The molecule has 0 aliphatic rings. The first-order chi connectivity index (χ1) is 8.56. The van der Waals surface area contributed by atoms with Gasteiger partial charge in [-0.3, -0.25) is 9.78 Å². The highest BCUT2D eigenvalue weighted by atomic mass is 19.1. The molecule has 1 aromatic carbocycles. The van der Waals surface area contributed by atoms with Crippen molar-refractivity contribution in [1.29, 1.82) is 0 Å². The number of nitrogens with zero attached hydrogens (tertiary/aromatic N) is 1. The third kappa shape index (κ3) is 2.63. The van der Waals surface area contributed by atoms with Crippen molar-refractivity contribution in [2.24, 2.45) is 0 Å². The molecule has 2 N–H and O–H groups in total. The predicted octanol–water partition coefficient (Wildman–Crippen LogP) is 2.49. The molecule has 1 amide bonds. The quantitative estimate of drug-likeness (QED) is 0.855. The monoisotopic (exact) mass is 246 g/mol. The SMILES string of the molecule is Cc1cc(F)cc(NC(=O)c2ccncc2O)c1. The van der Waals surface area contributed by atoms with Crippen molar-refractivity contribution in [3.63, 3.8) is 0 Å². The highest BCUT2D eigenvalue weighted by molar-refractivity contribution is 6.05. The van der Waals surface area contributed by atoms with Crippen molar-refractivity contribution < 1.29 is 14.3 Å². The number of halogens is 1. The molecule has 5 heteroatoms. The number of aromatic nitrogens is 1. The van der Waals surface area contributed by atoms with E-state index in [0.717, 1.165) is 0 Å². The first-order valence-electron chi connectivity index (χ1n) is 5.28. The van der Waals surface area contributed by atoms with Crippen LogP contribution in [0.3, 0.4) is 0 Å². The minimum absolute atomic E-state index is 0.0897. The van der Waals surface area contributed by atoms with E-state index in [4.69, 9.17) is 0 Å². The molecule has 1 heterocycles. The maximum atomic E-state index is 13.1. The van der Waals surface area contributed by atoms with E-state index in [1.54, 1.807) is 13.0 Å². The van der Waals surface area contributed by atoms with Gasteiger partial charge in [-0.25, -0.2) is 4.39 Å². The van der Waals surface area contributed by atoms with Gasteiger partial charge >= 0.3 is 0 Å². The van der Waals surface area contributed by atoms with Crippen LogP contribution in [0.25, 0.3) is 0 Å². The number of aromatic hydroxyl groups is 1. The van der Waals surface area contributed by atoms with Gasteiger partial charge < -0.3 is 10.4 Å². The lowest BCUT2D eigenvalue weighted by atomic mass is 10.2. The molecule has 92 valence electrons. The van der Waals surface area contributed by atoms with E-state index < -0.39 is 11.7 Å². The number of hydrogen-bond donors (Lipinski definition) is 2. The second kappa shape index (κ2) is 4.83. The molecule has 0 saturated carbocycles. The Bertz CT molecular complexity index is 579. The van der Waals surface area contributed by atoms with Crippen molar-refractivity contribution in [3.8, 4) is 5.75 Å². The molecule has 0 unspecified atom stereocenters. The van der Waals surface area contributed by atoms with Gasteiger partial charge in [0, 0.05) is 11.9 Å². The summed E-state index contributed by atoms with van der Waals surface area (Å²) in [5.41, 5.74) is 1.13. The lowest BCUT2D eigenvalue weighted by molar-refractivity contribution is 0.102. The number of pyridine rings is 1. The number of hydrogen-bond acceptors (Lipinski definition) is 3. The molecule has 2 rings (SSSR count). The van der Waals surface area contributed by atoms with E-state index in [9.17, 15) is 14.3 Å². The van der Waals surface area contributed by atoms with Crippen LogP contribution in [0.2, 0.25) is 0 Å². The number of anilines is 1. The number of aryl methyl sites for hydroxylation is 1. The summed E-state index contributed by atoms with van der Waals surface area (Å²) in [5.74, 6) is -1.16. The van der Waals surface area contributed by atoms with Gasteiger partial charge in [0.15, 0.2) is 0 Å². The zero-order chi connectivity index (χ0) is 13.1. The molecular formula is C13H11FN2O2. The molecule has 2 aromatic rings. The molecule has 0 spiro atoms. The largest absolute Gasteiger partial charge is 0.505 e. The molecule has 0 radical (unpaired) electrons. The van der Waals surface area contributed by atoms with Crippen LogP contribution in [0.15, 0.2) is 36.7 Å². The van der Waals surface area contributed by atoms with Gasteiger partial charge in [-0.15, -0.1) is 0 Å². The summed E-state index contributed by atoms with van der Waals surface area (Å²) in [6.07, 6.45) is 2.57. The lowest BCUT2D eigenvalue weighted by Crippen LogP contribution is -2.12. The minimum atomic E-state index is -0.514. The summed E-state index contributed by atoms with van der Waals surface area (Å²) in [6, 6.07) is 5.60. The molecule has 18 heavy (non-hydrogen) atoms. The smallest absolute Gasteiger partial charge is 0.259 e. The standard InChI is InChI=1S/C13H11FN2O2/c1-8-4-9(14)6-10(5-8)16-13(18)11-2-3-15-7-12(11)17/h2-7,17H,1H3,(H,16,18). The van der Waals surface area contributed by atoms with Crippen LogP contribution in [0.5, 0.6) is 5.75 Å². The average Bonchev–Trinajstić information content (AvgIpc) is 2.27. The highest BCUT2D eigenvalue weighted by Crippen LogP contribution is 2.18. The summed E-state index contributed by atoms with van der Waals surface area (Å²) in [4.78, 5) is 15.5. The fraction of sp³-hybridized carbons (Fsp3) is 0.0769. The number of amides is 1. The third-order valence-electron chi connectivity index (χ3n) is 2.34. The van der Waals surface area contributed by atoms with E-state index >= 15 is 0 Å². The maximum Gasteiger partial charge on any atom is 0.259 e. The fourth-order valence-electron chi connectivity index (χ4n) is 1.59. The van der Waals surface area contributed by atoms with Crippen molar-refractivity contribution in [1.82, 2.24) is 4.98 Å². The zero-order valence-electron chi connectivity index (χ0n) is 9.64. The van der Waals surface area contributed by atoms with Crippen LogP contribution >= 0.6 is 0 Å². The molecule has 0 aliphatic carbocycles. The second-order valence-electron chi connectivity index (χ2n) is 3.86. The van der Waals surface area contributed by atoms with Gasteiger partial charge in [-0.05, 0) is 36.8 Å². The first-order valence-corrected chi connectivity index (χ1v) is 5.28. The van der Waals surface area contributed by atoms with Gasteiger partial charge in [0.25, 0.3) is 5.91 Å². The van der Waals surface area contributed by atoms with E-state index in [1.807, 2.05) is 0 Å². The second-order valence-corrected chi connectivity index (χ2v) is 3.86. The number of benzene rings is 1. The maximum absolute atomic E-state index is 13.1. The van der Waals surface area contributed by atoms with Crippen LogP contribution in [0.4, 0.5) is 10.1 Å². The summed E-state index contributed by atoms with van der Waals surface area (Å²) in [7, 11) is 0. The predicted molar refractivity (Wildman–Crippen MR) is 65.0 cm³/mol. The molecular weight excluding hydrogens is 235 g/mol. The Labute approximate surface area is 103 Å². The molecule has 0 saturated heterocycles. The van der Waals surface area contributed by atoms with Crippen LogP contribution in [0.1, 0.15) is 15.9 Å². The summed E-state index contributed by atoms with van der Waals surface area (Å²) in [5, 5.41) is 12.0. The summed E-state index contributed by atoms with van der Waals surface area (Å²) < 4.78 is 13.1. The Balaban J connectivity index is 2.24. The molecule has 1 aromatic heterocycles. The van der Waals surface area contributed by atoms with Gasteiger partial charge in [0.2, 0.25) is 0 Å². The lowest BCUT2D eigenvalue weighted by Gasteiger charge is -2.07. The van der Waals surface area contributed by atoms with Crippen LogP contribution in [-0.4, -0.2) is 16.0 Å². The van der Waals surface area contributed by atoms with Crippen LogP contribution < -0.4 is 5.32 Å². The highest BCUT2D eigenvalue weighted by Gasteiger charge is 2.11. The van der Waals surface area contributed by atoms with E-state index in [0.29, 0.717) is 11.3 Å². The average molecular weight is 246 g/mol. The first kappa shape index (κ1) is 12.0. The molecule has 4 nitrogen and oxygen atoms in total. The van der Waals surface area contributed by atoms with Gasteiger partial charge in [-0.1, -0.05) is 0 Å². The summed E-state index contributed by atoms with van der Waals surface area (Å²) in [6.45, 7) is 1.72. The third-order valence-corrected chi connectivity index (χ3v) is 2.34. The Morgan fingerprint density at radius 3 is 2.83 bits per heavy atom. The Hall–Kier alpha value is -2.43. The van der Waals surface area contributed by atoms with Gasteiger partial charge in [0.05, 0.1) is 11.8 Å². The molecule has 0 fully saturated rings. The normalized spacial score (nSPS) is 10.1.